The van der Waals surface area contributed by atoms with Crippen LogP contribution in [-0.2, 0) is 11.3 Å². The summed E-state index contributed by atoms with van der Waals surface area (Å²) in [6.45, 7) is 6.24. The molecule has 0 bridgehead atoms. The Morgan fingerprint density at radius 1 is 0.933 bits per heavy atom. The van der Waals surface area contributed by atoms with Crippen molar-refractivity contribution in [3.05, 3.63) is 59.2 Å². The molecule has 1 aliphatic rings. The number of nitrogens with zero attached hydrogens (tertiary/aromatic N) is 2. The first-order valence-electron chi connectivity index (χ1n) is 10.1. The minimum atomic E-state index is 0.00220. The van der Waals surface area contributed by atoms with E-state index in [2.05, 4.69) is 36.1 Å². The summed E-state index contributed by atoms with van der Waals surface area (Å²) in [5.74, 6) is 1.81. The van der Waals surface area contributed by atoms with Crippen molar-refractivity contribution >= 4 is 12.0 Å². The van der Waals surface area contributed by atoms with Gasteiger partial charge in [0.05, 0.1) is 21.3 Å². The number of methoxy groups -OCH3 is 3. The van der Waals surface area contributed by atoms with E-state index < -0.39 is 0 Å². The number of hydrogen-bond acceptors (Lipinski definition) is 5. The maximum Gasteiger partial charge on any atom is 0.246 e. The minimum Gasteiger partial charge on any atom is -0.496 e. The van der Waals surface area contributed by atoms with Gasteiger partial charge < -0.3 is 19.1 Å². The summed E-state index contributed by atoms with van der Waals surface area (Å²) >= 11 is 0. The molecule has 0 aliphatic carbocycles. The molecule has 0 saturated carbocycles. The van der Waals surface area contributed by atoms with Crippen LogP contribution in [0.2, 0.25) is 0 Å². The number of piperazine rings is 1. The monoisotopic (exact) mass is 410 g/mol. The van der Waals surface area contributed by atoms with E-state index in [1.807, 2.05) is 11.0 Å². The van der Waals surface area contributed by atoms with Gasteiger partial charge in [-0.05, 0) is 30.2 Å². The van der Waals surface area contributed by atoms with Gasteiger partial charge in [0.1, 0.15) is 5.75 Å². The Hall–Kier alpha value is -2.99. The third-order valence-electron chi connectivity index (χ3n) is 5.48. The summed E-state index contributed by atoms with van der Waals surface area (Å²) in [5, 5.41) is 0. The Morgan fingerprint density at radius 2 is 1.57 bits per heavy atom. The zero-order chi connectivity index (χ0) is 21.5. The second-order valence-electron chi connectivity index (χ2n) is 7.31. The van der Waals surface area contributed by atoms with Gasteiger partial charge in [-0.15, -0.1) is 0 Å². The largest absolute Gasteiger partial charge is 0.496 e. The summed E-state index contributed by atoms with van der Waals surface area (Å²) < 4.78 is 16.1. The highest BCUT2D eigenvalue weighted by Gasteiger charge is 2.20. The molecule has 1 fully saturated rings. The number of hydrogen-bond donors (Lipinski definition) is 0. The Morgan fingerprint density at radius 3 is 2.20 bits per heavy atom. The van der Waals surface area contributed by atoms with Crippen LogP contribution in [0.15, 0.2) is 42.5 Å². The van der Waals surface area contributed by atoms with E-state index in [9.17, 15) is 4.79 Å². The topological polar surface area (TPSA) is 51.2 Å². The molecule has 2 aromatic rings. The quantitative estimate of drug-likeness (QED) is 0.655. The van der Waals surface area contributed by atoms with Gasteiger partial charge in [0, 0.05) is 50.4 Å². The molecule has 1 heterocycles. The molecule has 0 atom stereocenters. The van der Waals surface area contributed by atoms with Crippen molar-refractivity contribution in [2.24, 2.45) is 0 Å². The number of carbonyl (C=O) groups is 1. The Balaban J connectivity index is 1.61. The normalized spacial score (nSPS) is 14.7. The van der Waals surface area contributed by atoms with Crippen LogP contribution in [-0.4, -0.2) is 63.2 Å². The number of benzene rings is 2. The molecule has 0 unspecified atom stereocenters. The van der Waals surface area contributed by atoms with Crippen LogP contribution in [0.4, 0.5) is 0 Å². The van der Waals surface area contributed by atoms with E-state index in [1.54, 1.807) is 39.5 Å². The highest BCUT2D eigenvalue weighted by Crippen LogP contribution is 2.35. The number of carbonyl (C=O) groups excluding carboxylic acids is 1. The molecular formula is C24H30N2O4. The average Bonchev–Trinajstić information content (AvgIpc) is 2.78. The molecule has 3 rings (SSSR count). The molecule has 0 N–H and O–H groups in total. The van der Waals surface area contributed by atoms with Crippen molar-refractivity contribution < 1.29 is 19.0 Å². The van der Waals surface area contributed by atoms with Crippen molar-refractivity contribution in [1.29, 1.82) is 0 Å². The lowest BCUT2D eigenvalue weighted by molar-refractivity contribution is -0.127. The molecular weight excluding hydrogens is 380 g/mol. The number of rotatable bonds is 7. The van der Waals surface area contributed by atoms with Crippen LogP contribution in [0.5, 0.6) is 17.2 Å². The van der Waals surface area contributed by atoms with Crippen LogP contribution in [0.1, 0.15) is 16.7 Å². The fraction of sp³-hybridized carbons (Fsp3) is 0.375. The minimum absolute atomic E-state index is 0.00220. The predicted octanol–water partition coefficient (Wildman–Crippen LogP) is 3.38. The van der Waals surface area contributed by atoms with E-state index >= 15 is 0 Å². The lowest BCUT2D eigenvalue weighted by Gasteiger charge is -2.34. The molecule has 6 heteroatoms. The molecule has 1 amide bonds. The highest BCUT2D eigenvalue weighted by atomic mass is 16.5. The Kier molecular flexibility index (Phi) is 7.36. The maximum atomic E-state index is 12.7. The summed E-state index contributed by atoms with van der Waals surface area (Å²) in [6.07, 6.45) is 3.36. The second kappa shape index (κ2) is 10.2. The smallest absolute Gasteiger partial charge is 0.246 e. The Bertz CT molecular complexity index is 902. The molecule has 6 nitrogen and oxygen atoms in total. The molecule has 0 spiro atoms. The lowest BCUT2D eigenvalue weighted by Crippen LogP contribution is -2.47. The fourth-order valence-corrected chi connectivity index (χ4v) is 3.60. The van der Waals surface area contributed by atoms with Gasteiger partial charge in [0.15, 0.2) is 11.5 Å². The fourth-order valence-electron chi connectivity index (χ4n) is 3.60. The first-order chi connectivity index (χ1) is 14.5. The first kappa shape index (κ1) is 21.7. The van der Waals surface area contributed by atoms with Crippen molar-refractivity contribution in [3.8, 4) is 17.2 Å². The van der Waals surface area contributed by atoms with E-state index in [0.29, 0.717) is 17.2 Å². The van der Waals surface area contributed by atoms with Crippen LogP contribution in [0.25, 0.3) is 6.08 Å². The van der Waals surface area contributed by atoms with E-state index in [-0.39, 0.29) is 5.91 Å². The Labute approximate surface area is 178 Å². The van der Waals surface area contributed by atoms with Gasteiger partial charge in [-0.25, -0.2) is 0 Å². The van der Waals surface area contributed by atoms with E-state index in [0.717, 1.165) is 38.3 Å². The summed E-state index contributed by atoms with van der Waals surface area (Å²) in [4.78, 5) is 17.0. The number of amides is 1. The SMILES string of the molecule is COc1cc(OC)c(OC)cc1/C=C/C(=O)N1CCN(Cc2ccccc2C)CC1. The van der Waals surface area contributed by atoms with Gasteiger partial charge in [-0.1, -0.05) is 24.3 Å². The van der Waals surface area contributed by atoms with Gasteiger partial charge in [0.25, 0.3) is 0 Å². The third-order valence-corrected chi connectivity index (χ3v) is 5.48. The second-order valence-corrected chi connectivity index (χ2v) is 7.31. The first-order valence-corrected chi connectivity index (χ1v) is 10.1. The van der Waals surface area contributed by atoms with Crippen LogP contribution < -0.4 is 14.2 Å². The van der Waals surface area contributed by atoms with Gasteiger partial charge >= 0.3 is 0 Å². The van der Waals surface area contributed by atoms with Crippen molar-refractivity contribution in [1.82, 2.24) is 9.80 Å². The van der Waals surface area contributed by atoms with Crippen LogP contribution in [0.3, 0.4) is 0 Å². The van der Waals surface area contributed by atoms with Gasteiger partial charge in [-0.3, -0.25) is 9.69 Å². The molecule has 0 radical (unpaired) electrons. The van der Waals surface area contributed by atoms with E-state index in [4.69, 9.17) is 14.2 Å². The van der Waals surface area contributed by atoms with Crippen molar-refractivity contribution in [3.63, 3.8) is 0 Å². The van der Waals surface area contributed by atoms with Crippen LogP contribution >= 0.6 is 0 Å². The summed E-state index contributed by atoms with van der Waals surface area (Å²) in [7, 11) is 4.75. The summed E-state index contributed by atoms with van der Waals surface area (Å²) in [5.41, 5.74) is 3.42. The van der Waals surface area contributed by atoms with Crippen LogP contribution in [0, 0.1) is 6.92 Å². The molecule has 0 aromatic heterocycles. The standard InChI is InChI=1S/C24H30N2O4/c1-18-7-5-6-8-20(18)17-25-11-13-26(14-12-25)24(27)10-9-19-15-22(29-3)23(30-4)16-21(19)28-2/h5-10,15-16H,11-14,17H2,1-4H3/b10-9+. The summed E-state index contributed by atoms with van der Waals surface area (Å²) in [6, 6.07) is 12.0. The lowest BCUT2D eigenvalue weighted by atomic mass is 10.1. The molecule has 160 valence electrons. The zero-order valence-corrected chi connectivity index (χ0v) is 18.2. The highest BCUT2D eigenvalue weighted by molar-refractivity contribution is 5.92. The molecule has 1 saturated heterocycles. The number of aryl methyl sites for hydroxylation is 1. The molecule has 2 aromatic carbocycles. The molecule has 1 aliphatic heterocycles. The molecule has 30 heavy (non-hydrogen) atoms. The van der Waals surface area contributed by atoms with Gasteiger partial charge in [-0.2, -0.15) is 0 Å². The average molecular weight is 411 g/mol. The van der Waals surface area contributed by atoms with E-state index in [1.165, 1.54) is 11.1 Å². The zero-order valence-electron chi connectivity index (χ0n) is 18.2. The van der Waals surface area contributed by atoms with Crippen molar-refractivity contribution in [2.45, 2.75) is 13.5 Å². The van der Waals surface area contributed by atoms with Gasteiger partial charge in [0.2, 0.25) is 5.91 Å². The predicted molar refractivity (Wildman–Crippen MR) is 118 cm³/mol. The van der Waals surface area contributed by atoms with Crippen molar-refractivity contribution in [2.75, 3.05) is 47.5 Å². The number of ether oxygens (including phenoxy) is 3. The third kappa shape index (κ3) is 5.13. The maximum absolute atomic E-state index is 12.7.